The topological polar surface area (TPSA) is 111 Å². The minimum absolute atomic E-state index is 0.116. The van der Waals surface area contributed by atoms with Crippen molar-refractivity contribution < 1.29 is 22.5 Å². The van der Waals surface area contributed by atoms with Gasteiger partial charge in [0.2, 0.25) is 15.9 Å². The van der Waals surface area contributed by atoms with Gasteiger partial charge in [-0.1, -0.05) is 48.5 Å². The number of para-hydroxylation sites is 1. The molecule has 1 aromatic heterocycles. The van der Waals surface area contributed by atoms with Crippen molar-refractivity contribution in [2.75, 3.05) is 12.4 Å². The minimum atomic E-state index is -3.69. The number of sulfonamides is 1. The number of anilines is 1. The molecule has 168 valence electrons. The maximum atomic E-state index is 12.6. The highest BCUT2D eigenvalue weighted by Gasteiger charge is 2.15. The molecular weight excluding hydrogens is 430 g/mol. The highest BCUT2D eigenvalue weighted by molar-refractivity contribution is 7.89. The predicted octanol–water partition coefficient (Wildman–Crippen LogP) is 3.99. The normalized spacial score (nSPS) is 11.6. The van der Waals surface area contributed by atoms with Crippen molar-refractivity contribution >= 4 is 33.8 Å². The first-order chi connectivity index (χ1) is 15.3. The summed E-state index contributed by atoms with van der Waals surface area (Å²) in [5.74, 6) is 0.897. The van der Waals surface area contributed by atoms with E-state index in [4.69, 9.17) is 9.26 Å². The van der Waals surface area contributed by atoms with E-state index in [0.717, 1.165) is 11.1 Å². The van der Waals surface area contributed by atoms with Crippen LogP contribution in [0.2, 0.25) is 0 Å². The van der Waals surface area contributed by atoms with Gasteiger partial charge >= 0.3 is 0 Å². The second-order valence-electron chi connectivity index (χ2n) is 6.95. The van der Waals surface area contributed by atoms with E-state index < -0.39 is 10.0 Å². The van der Waals surface area contributed by atoms with Gasteiger partial charge in [0, 0.05) is 18.5 Å². The molecule has 0 aliphatic heterocycles. The lowest BCUT2D eigenvalue weighted by Crippen LogP contribution is -2.23. The highest BCUT2D eigenvalue weighted by Crippen LogP contribution is 2.23. The minimum Gasteiger partial charge on any atom is -0.496 e. The van der Waals surface area contributed by atoms with Gasteiger partial charge < -0.3 is 14.6 Å². The zero-order valence-corrected chi connectivity index (χ0v) is 18.9. The standard InChI is InChI=1S/C23H25N3O5S/c1-4-22(27)25-23-16(2)26-31-21(23)14-11-17-9-12-19(13-10-17)32(28,29)24-15-18-7-5-6-8-20(18)30-3/h5-14,24H,4,15H2,1-3H3,(H,25,27)/b14-11-. The molecule has 0 fully saturated rings. The largest absolute Gasteiger partial charge is 0.496 e. The molecule has 3 aromatic rings. The number of nitrogens with zero attached hydrogens (tertiary/aromatic N) is 1. The lowest BCUT2D eigenvalue weighted by Gasteiger charge is -2.10. The maximum Gasteiger partial charge on any atom is 0.240 e. The van der Waals surface area contributed by atoms with E-state index in [0.29, 0.717) is 29.3 Å². The number of hydrogen-bond acceptors (Lipinski definition) is 6. The van der Waals surface area contributed by atoms with Crippen LogP contribution in [0.4, 0.5) is 5.69 Å². The average molecular weight is 456 g/mol. The Morgan fingerprint density at radius 2 is 1.84 bits per heavy atom. The molecule has 3 rings (SSSR count). The second kappa shape index (κ2) is 10.3. The Hall–Kier alpha value is -3.43. The summed E-state index contributed by atoms with van der Waals surface area (Å²) in [6, 6.07) is 13.6. The Kier molecular flexibility index (Phi) is 7.45. The van der Waals surface area contributed by atoms with Crippen LogP contribution in [0.25, 0.3) is 12.2 Å². The van der Waals surface area contributed by atoms with E-state index in [1.54, 1.807) is 57.4 Å². The first-order valence-corrected chi connectivity index (χ1v) is 11.5. The average Bonchev–Trinajstić information content (AvgIpc) is 3.15. The van der Waals surface area contributed by atoms with Gasteiger partial charge in [-0.05, 0) is 36.8 Å². The van der Waals surface area contributed by atoms with Crippen molar-refractivity contribution in [1.29, 1.82) is 0 Å². The molecule has 0 radical (unpaired) electrons. The van der Waals surface area contributed by atoms with Crippen molar-refractivity contribution in [3.8, 4) is 5.75 Å². The van der Waals surface area contributed by atoms with Crippen LogP contribution in [0, 0.1) is 6.92 Å². The molecule has 0 atom stereocenters. The van der Waals surface area contributed by atoms with E-state index in [9.17, 15) is 13.2 Å². The number of benzene rings is 2. The van der Waals surface area contributed by atoms with Crippen LogP contribution in [0.3, 0.4) is 0 Å². The van der Waals surface area contributed by atoms with E-state index in [1.165, 1.54) is 12.1 Å². The Bertz CT molecular complexity index is 1210. The molecule has 0 aliphatic rings. The first-order valence-electron chi connectivity index (χ1n) is 10.00. The smallest absolute Gasteiger partial charge is 0.240 e. The fourth-order valence-electron chi connectivity index (χ4n) is 2.92. The SMILES string of the molecule is CCC(=O)Nc1c(C)noc1/C=C\c1ccc(S(=O)(=O)NCc2ccccc2OC)cc1. The predicted molar refractivity (Wildman–Crippen MR) is 123 cm³/mol. The van der Waals surface area contributed by atoms with Crippen LogP contribution in [-0.4, -0.2) is 26.6 Å². The number of carbonyl (C=O) groups is 1. The van der Waals surface area contributed by atoms with Crippen LogP contribution in [-0.2, 0) is 21.4 Å². The van der Waals surface area contributed by atoms with Gasteiger partial charge in [-0.2, -0.15) is 0 Å². The monoisotopic (exact) mass is 455 g/mol. The van der Waals surface area contributed by atoms with Crippen molar-refractivity contribution in [3.63, 3.8) is 0 Å². The molecule has 0 unspecified atom stereocenters. The third kappa shape index (κ3) is 5.63. The first kappa shape index (κ1) is 23.2. The van der Waals surface area contributed by atoms with Gasteiger partial charge in [0.15, 0.2) is 5.76 Å². The fraction of sp³-hybridized carbons (Fsp3) is 0.217. The number of hydrogen-bond donors (Lipinski definition) is 2. The molecule has 0 spiro atoms. The second-order valence-corrected chi connectivity index (χ2v) is 8.71. The van der Waals surface area contributed by atoms with Crippen molar-refractivity contribution in [3.05, 3.63) is 71.1 Å². The molecule has 0 saturated heterocycles. The number of carbonyl (C=O) groups excluding carboxylic acids is 1. The summed E-state index contributed by atoms with van der Waals surface area (Å²) in [4.78, 5) is 11.8. The zero-order valence-electron chi connectivity index (χ0n) is 18.1. The van der Waals surface area contributed by atoms with E-state index in [-0.39, 0.29) is 17.3 Å². The highest BCUT2D eigenvalue weighted by atomic mass is 32.2. The van der Waals surface area contributed by atoms with Crippen LogP contribution in [0.15, 0.2) is 57.9 Å². The lowest BCUT2D eigenvalue weighted by molar-refractivity contribution is -0.115. The molecule has 0 saturated carbocycles. The summed E-state index contributed by atoms with van der Waals surface area (Å²) >= 11 is 0. The van der Waals surface area contributed by atoms with Gasteiger partial charge in [0.1, 0.15) is 17.1 Å². The molecule has 8 nitrogen and oxygen atoms in total. The van der Waals surface area contributed by atoms with Crippen LogP contribution in [0.5, 0.6) is 5.75 Å². The molecular formula is C23H25N3O5S. The van der Waals surface area contributed by atoms with Gasteiger partial charge in [0.25, 0.3) is 0 Å². The number of rotatable bonds is 9. The van der Waals surface area contributed by atoms with Crippen molar-refractivity contribution in [2.24, 2.45) is 0 Å². The van der Waals surface area contributed by atoms with Crippen LogP contribution in [0.1, 0.15) is 35.9 Å². The summed E-state index contributed by atoms with van der Waals surface area (Å²) in [6.45, 7) is 3.61. The van der Waals surface area contributed by atoms with Gasteiger partial charge in [0.05, 0.1) is 12.0 Å². The number of ether oxygens (including phenoxy) is 1. The quantitative estimate of drug-likeness (QED) is 0.505. The summed E-state index contributed by atoms with van der Waals surface area (Å²) < 4.78 is 38.4. The zero-order chi connectivity index (χ0) is 23.1. The summed E-state index contributed by atoms with van der Waals surface area (Å²) in [5, 5.41) is 6.65. The molecule has 1 heterocycles. The Labute approximate surface area is 187 Å². The third-order valence-electron chi connectivity index (χ3n) is 4.74. The molecule has 0 bridgehead atoms. The number of amides is 1. The van der Waals surface area contributed by atoms with E-state index >= 15 is 0 Å². The maximum absolute atomic E-state index is 12.6. The van der Waals surface area contributed by atoms with E-state index in [2.05, 4.69) is 15.2 Å². The van der Waals surface area contributed by atoms with Gasteiger partial charge in [-0.3, -0.25) is 4.79 Å². The third-order valence-corrected chi connectivity index (χ3v) is 6.15. The Morgan fingerprint density at radius 1 is 1.12 bits per heavy atom. The van der Waals surface area contributed by atoms with Crippen molar-refractivity contribution in [2.45, 2.75) is 31.7 Å². The summed E-state index contributed by atoms with van der Waals surface area (Å²) in [6.07, 6.45) is 3.77. The summed E-state index contributed by atoms with van der Waals surface area (Å²) in [7, 11) is -2.15. The number of methoxy groups -OCH3 is 1. The summed E-state index contributed by atoms with van der Waals surface area (Å²) in [5.41, 5.74) is 2.60. The number of aromatic nitrogens is 1. The molecule has 1 amide bonds. The van der Waals surface area contributed by atoms with Crippen molar-refractivity contribution in [1.82, 2.24) is 9.88 Å². The molecule has 32 heavy (non-hydrogen) atoms. The number of aryl methyl sites for hydroxylation is 1. The van der Waals surface area contributed by atoms with Crippen LogP contribution >= 0.6 is 0 Å². The Balaban J connectivity index is 1.70. The van der Waals surface area contributed by atoms with E-state index in [1.807, 2.05) is 12.1 Å². The molecule has 2 N–H and O–H groups in total. The lowest BCUT2D eigenvalue weighted by atomic mass is 10.2. The molecule has 9 heteroatoms. The molecule has 2 aromatic carbocycles. The molecule has 0 aliphatic carbocycles. The number of nitrogens with one attached hydrogen (secondary N) is 2. The van der Waals surface area contributed by atoms with Crippen LogP contribution < -0.4 is 14.8 Å². The van der Waals surface area contributed by atoms with Gasteiger partial charge in [-0.15, -0.1) is 0 Å². The Morgan fingerprint density at radius 3 is 2.53 bits per heavy atom. The van der Waals surface area contributed by atoms with Gasteiger partial charge in [-0.25, -0.2) is 13.1 Å². The fourth-order valence-corrected chi connectivity index (χ4v) is 3.92.